The summed E-state index contributed by atoms with van der Waals surface area (Å²) in [5.74, 6) is 0.557. The summed E-state index contributed by atoms with van der Waals surface area (Å²) in [5, 5.41) is 12.7. The highest BCUT2D eigenvalue weighted by Crippen LogP contribution is 2.42. The van der Waals surface area contributed by atoms with Crippen LogP contribution in [-0.2, 0) is 4.79 Å². The van der Waals surface area contributed by atoms with Gasteiger partial charge in [-0.05, 0) is 48.6 Å². The molecule has 2 amide bonds. The lowest BCUT2D eigenvalue weighted by molar-refractivity contribution is -0.130. The molecule has 154 valence electrons. The van der Waals surface area contributed by atoms with Crippen LogP contribution in [0.1, 0.15) is 41.3 Å². The quantitative estimate of drug-likeness (QED) is 0.401. The molecule has 29 heavy (non-hydrogen) atoms. The largest absolute Gasteiger partial charge is 0.506 e. The Morgan fingerprint density at radius 1 is 1.34 bits per heavy atom. The molecule has 0 unspecified atom stereocenters. The zero-order valence-electron chi connectivity index (χ0n) is 15.9. The van der Waals surface area contributed by atoms with Crippen LogP contribution in [0.5, 0.6) is 5.75 Å². The fraction of sp³-hybridized carbons (Fsp3) is 0.333. The van der Waals surface area contributed by atoms with Gasteiger partial charge in [-0.25, -0.2) is 0 Å². The van der Waals surface area contributed by atoms with Gasteiger partial charge in [-0.3, -0.25) is 9.59 Å². The molecule has 4 N–H and O–H groups in total. The molecule has 0 atom stereocenters. The summed E-state index contributed by atoms with van der Waals surface area (Å²) >= 11 is 5.99. The van der Waals surface area contributed by atoms with Crippen molar-refractivity contribution in [2.45, 2.75) is 31.2 Å². The summed E-state index contributed by atoms with van der Waals surface area (Å²) < 4.78 is 4.95. The molecule has 0 radical (unpaired) electrons. The topological polar surface area (TPSA) is 109 Å². The lowest BCUT2D eigenvalue weighted by Crippen LogP contribution is -2.60. The second-order valence-electron chi connectivity index (χ2n) is 7.16. The van der Waals surface area contributed by atoms with Crippen LogP contribution in [0.2, 0.25) is 5.02 Å². The van der Waals surface area contributed by atoms with Crippen molar-refractivity contribution in [1.82, 2.24) is 10.2 Å². The van der Waals surface area contributed by atoms with Gasteiger partial charge < -0.3 is 25.5 Å². The fourth-order valence-corrected chi connectivity index (χ4v) is 3.48. The van der Waals surface area contributed by atoms with Gasteiger partial charge in [0.25, 0.3) is 5.91 Å². The van der Waals surface area contributed by atoms with Gasteiger partial charge in [-0.1, -0.05) is 24.6 Å². The van der Waals surface area contributed by atoms with E-state index in [1.807, 2.05) is 0 Å². The SMILES string of the molecule is C=CC(=O)N1CC(NC(=O)c2ccco2)C1.Nc1cc(C2CCC2)c(Cl)cc1O. The van der Waals surface area contributed by atoms with E-state index in [1.54, 1.807) is 23.1 Å². The summed E-state index contributed by atoms with van der Waals surface area (Å²) in [4.78, 5) is 24.3. The maximum atomic E-state index is 11.5. The number of nitrogens with zero attached hydrogens (tertiary/aromatic N) is 1. The molecule has 8 heteroatoms. The highest BCUT2D eigenvalue weighted by Gasteiger charge is 2.30. The first-order valence-corrected chi connectivity index (χ1v) is 9.80. The van der Waals surface area contributed by atoms with Crippen LogP contribution in [0, 0.1) is 0 Å². The molecular weight excluding hydrogens is 394 g/mol. The number of carbonyl (C=O) groups is 2. The third-order valence-electron chi connectivity index (χ3n) is 5.14. The van der Waals surface area contributed by atoms with Crippen molar-refractivity contribution in [1.29, 1.82) is 0 Å². The Balaban J connectivity index is 0.000000169. The molecular formula is C21H24ClN3O4. The molecule has 2 aliphatic rings. The minimum Gasteiger partial charge on any atom is -0.506 e. The van der Waals surface area contributed by atoms with Gasteiger partial charge in [0.05, 0.1) is 18.0 Å². The normalized spacial score (nSPS) is 16.1. The average molecular weight is 418 g/mol. The summed E-state index contributed by atoms with van der Waals surface area (Å²) in [6, 6.07) is 6.58. The lowest BCUT2D eigenvalue weighted by atomic mass is 9.80. The van der Waals surface area contributed by atoms with Gasteiger partial charge in [0.1, 0.15) is 5.75 Å². The third kappa shape index (κ3) is 4.92. The zero-order valence-corrected chi connectivity index (χ0v) is 16.7. The van der Waals surface area contributed by atoms with Crippen LogP contribution >= 0.6 is 11.6 Å². The van der Waals surface area contributed by atoms with Crippen LogP contribution in [0.15, 0.2) is 47.6 Å². The summed E-state index contributed by atoms with van der Waals surface area (Å²) in [6.45, 7) is 4.45. The number of nitrogens with two attached hydrogens (primary N) is 1. The number of phenols is 1. The molecule has 1 saturated carbocycles. The lowest BCUT2D eigenvalue weighted by Gasteiger charge is -2.38. The molecule has 1 aliphatic carbocycles. The van der Waals surface area contributed by atoms with E-state index in [1.165, 1.54) is 37.7 Å². The van der Waals surface area contributed by atoms with Crippen molar-refractivity contribution in [2.24, 2.45) is 0 Å². The molecule has 1 aromatic heterocycles. The van der Waals surface area contributed by atoms with Crippen molar-refractivity contribution >= 4 is 29.1 Å². The van der Waals surface area contributed by atoms with E-state index in [2.05, 4.69) is 11.9 Å². The van der Waals surface area contributed by atoms with Crippen LogP contribution in [0.4, 0.5) is 5.69 Å². The Labute approximate surface area is 174 Å². The van der Waals surface area contributed by atoms with E-state index in [4.69, 9.17) is 21.8 Å². The van der Waals surface area contributed by atoms with Crippen molar-refractivity contribution in [2.75, 3.05) is 18.8 Å². The van der Waals surface area contributed by atoms with Crippen molar-refractivity contribution < 1.29 is 19.1 Å². The minimum absolute atomic E-state index is 0.00139. The van der Waals surface area contributed by atoms with E-state index in [-0.39, 0.29) is 29.4 Å². The number of furan rings is 1. The van der Waals surface area contributed by atoms with Crippen molar-refractivity contribution in [3.63, 3.8) is 0 Å². The standard InChI is InChI=1S/C11H12N2O3.C10H12ClNO/c1-2-10(14)13-6-8(7-13)12-11(15)9-4-3-5-16-9;11-8-5-10(13)9(12)4-7(8)6-2-1-3-6/h2-5,8H,1,6-7H2,(H,12,15);4-6,13H,1-3,12H2. The fourth-order valence-electron chi connectivity index (χ4n) is 3.17. The van der Waals surface area contributed by atoms with Gasteiger partial charge in [0.15, 0.2) is 5.76 Å². The summed E-state index contributed by atoms with van der Waals surface area (Å²) in [5.41, 5.74) is 7.11. The Kier molecular flexibility index (Phi) is 6.49. The molecule has 2 heterocycles. The predicted molar refractivity (Wildman–Crippen MR) is 111 cm³/mol. The van der Waals surface area contributed by atoms with Crippen LogP contribution in [-0.4, -0.2) is 41.0 Å². The Hall–Kier alpha value is -2.93. The summed E-state index contributed by atoms with van der Waals surface area (Å²) in [7, 11) is 0. The Morgan fingerprint density at radius 2 is 2.07 bits per heavy atom. The number of phenolic OH excluding ortho intramolecular Hbond substituents is 1. The number of amides is 2. The molecule has 0 bridgehead atoms. The Morgan fingerprint density at radius 3 is 2.62 bits per heavy atom. The number of hydrogen-bond acceptors (Lipinski definition) is 5. The maximum Gasteiger partial charge on any atom is 0.287 e. The van der Waals surface area contributed by atoms with Gasteiger partial charge in [-0.2, -0.15) is 0 Å². The van der Waals surface area contributed by atoms with E-state index in [0.29, 0.717) is 29.7 Å². The van der Waals surface area contributed by atoms with E-state index >= 15 is 0 Å². The average Bonchev–Trinajstić information content (AvgIpc) is 3.15. The maximum absolute atomic E-state index is 11.5. The molecule has 7 nitrogen and oxygen atoms in total. The number of aromatic hydroxyl groups is 1. The zero-order chi connectivity index (χ0) is 21.0. The minimum atomic E-state index is -0.249. The van der Waals surface area contributed by atoms with Crippen LogP contribution in [0.3, 0.4) is 0 Å². The van der Waals surface area contributed by atoms with E-state index in [9.17, 15) is 14.7 Å². The number of halogens is 1. The number of benzene rings is 1. The van der Waals surface area contributed by atoms with Gasteiger partial charge >= 0.3 is 0 Å². The van der Waals surface area contributed by atoms with Crippen molar-refractivity contribution in [3.8, 4) is 5.75 Å². The predicted octanol–water partition coefficient (Wildman–Crippen LogP) is 3.30. The number of nitrogens with one attached hydrogen (secondary N) is 1. The summed E-state index contributed by atoms with van der Waals surface area (Å²) in [6.07, 6.45) is 6.35. The molecule has 2 fully saturated rings. The molecule has 1 aromatic carbocycles. The smallest absolute Gasteiger partial charge is 0.287 e. The third-order valence-corrected chi connectivity index (χ3v) is 5.47. The molecule has 2 aromatic rings. The first-order valence-electron chi connectivity index (χ1n) is 9.42. The molecule has 1 aliphatic heterocycles. The highest BCUT2D eigenvalue weighted by molar-refractivity contribution is 6.31. The second-order valence-corrected chi connectivity index (χ2v) is 7.56. The number of rotatable bonds is 4. The van der Waals surface area contributed by atoms with Gasteiger partial charge in [0, 0.05) is 24.2 Å². The number of nitrogen functional groups attached to an aromatic ring is 1. The first-order chi connectivity index (χ1) is 13.9. The number of likely N-dealkylation sites (tertiary alicyclic amines) is 1. The van der Waals surface area contributed by atoms with Crippen LogP contribution in [0.25, 0.3) is 0 Å². The van der Waals surface area contributed by atoms with E-state index in [0.717, 1.165) is 5.56 Å². The van der Waals surface area contributed by atoms with Gasteiger partial charge in [0.2, 0.25) is 5.91 Å². The number of carbonyl (C=O) groups excluding carboxylic acids is 2. The first kappa shape index (κ1) is 20.8. The molecule has 4 rings (SSSR count). The van der Waals surface area contributed by atoms with Crippen molar-refractivity contribution in [3.05, 3.63) is 59.5 Å². The molecule has 0 spiro atoms. The van der Waals surface area contributed by atoms with Crippen LogP contribution < -0.4 is 11.1 Å². The Bertz CT molecular complexity index is 888. The van der Waals surface area contributed by atoms with E-state index < -0.39 is 0 Å². The monoisotopic (exact) mass is 417 g/mol. The molecule has 1 saturated heterocycles. The van der Waals surface area contributed by atoms with Gasteiger partial charge in [-0.15, -0.1) is 0 Å². The highest BCUT2D eigenvalue weighted by atomic mass is 35.5. The second kappa shape index (κ2) is 9.05. The number of hydrogen-bond donors (Lipinski definition) is 3. The number of anilines is 1.